The van der Waals surface area contributed by atoms with Gasteiger partial charge < -0.3 is 4.52 Å². The second kappa shape index (κ2) is 6.76. The molecule has 2 heterocycles. The number of nitrogens with two attached hydrogens (primary N) is 1. The number of hydrogen-bond donors (Lipinski definition) is 1. The van der Waals surface area contributed by atoms with Crippen LogP contribution in [0.1, 0.15) is 30.2 Å². The zero-order valence-electron chi connectivity index (χ0n) is 15.0. The number of halogens is 6. The molecule has 1 saturated heterocycles. The van der Waals surface area contributed by atoms with Crippen molar-refractivity contribution in [2.45, 2.75) is 29.3 Å². The van der Waals surface area contributed by atoms with Gasteiger partial charge in [0.2, 0.25) is 11.7 Å². The Bertz CT molecular complexity index is 1100. The van der Waals surface area contributed by atoms with Crippen molar-refractivity contribution in [1.82, 2.24) is 14.4 Å². The first-order chi connectivity index (χ1) is 13.8. The molecule has 2 fully saturated rings. The van der Waals surface area contributed by atoms with Crippen molar-refractivity contribution in [2.75, 3.05) is 13.1 Å². The maximum absolute atomic E-state index is 13.3. The number of piperidine rings is 1. The van der Waals surface area contributed by atoms with Gasteiger partial charge in [-0.15, -0.1) is 23.2 Å². The third-order valence-electron chi connectivity index (χ3n) is 5.69. The van der Waals surface area contributed by atoms with Crippen LogP contribution in [0.4, 0.5) is 17.6 Å². The molecule has 0 amide bonds. The summed E-state index contributed by atoms with van der Waals surface area (Å²) in [4.78, 5) is 4.03. The van der Waals surface area contributed by atoms with Gasteiger partial charge in [0.05, 0.1) is 11.5 Å². The lowest BCUT2D eigenvalue weighted by atomic mass is 9.92. The highest BCUT2D eigenvalue weighted by Gasteiger charge is 2.78. The quantitative estimate of drug-likeness (QED) is 0.526. The van der Waals surface area contributed by atoms with Crippen LogP contribution in [-0.2, 0) is 16.4 Å². The molecule has 4 rings (SSSR count). The Balaban J connectivity index is 1.63. The third-order valence-corrected chi connectivity index (χ3v) is 7.96. The average Bonchev–Trinajstić information content (AvgIpc) is 2.95. The molecular formula is C16H14Cl2F4N4O3S. The predicted octanol–water partition coefficient (Wildman–Crippen LogP) is 3.45. The molecule has 14 heteroatoms. The summed E-state index contributed by atoms with van der Waals surface area (Å²) >= 11 is 12.9. The maximum Gasteiger partial charge on any atom is 0.417 e. The molecule has 1 unspecified atom stereocenters. The van der Waals surface area contributed by atoms with Crippen LogP contribution in [-0.4, -0.2) is 40.3 Å². The monoisotopic (exact) mass is 488 g/mol. The highest BCUT2D eigenvalue weighted by molar-refractivity contribution is 7.86. The van der Waals surface area contributed by atoms with Gasteiger partial charge in [0.15, 0.2) is 0 Å². The zero-order chi connectivity index (χ0) is 22.1. The fourth-order valence-electron chi connectivity index (χ4n) is 4.07. The fourth-order valence-corrected chi connectivity index (χ4v) is 5.85. The van der Waals surface area contributed by atoms with E-state index in [1.807, 2.05) is 0 Å². The van der Waals surface area contributed by atoms with E-state index >= 15 is 0 Å². The van der Waals surface area contributed by atoms with E-state index in [0.29, 0.717) is 6.07 Å². The van der Waals surface area contributed by atoms with Crippen LogP contribution in [0.15, 0.2) is 22.7 Å². The lowest BCUT2D eigenvalue weighted by Gasteiger charge is -2.31. The fraction of sp³-hybridized carbons (Fsp3) is 0.500. The summed E-state index contributed by atoms with van der Waals surface area (Å²) in [5.41, 5.74) is -2.48. The Morgan fingerprint density at radius 3 is 2.43 bits per heavy atom. The van der Waals surface area contributed by atoms with E-state index < -0.39 is 49.0 Å². The number of alkyl halides is 5. The van der Waals surface area contributed by atoms with E-state index in [2.05, 4.69) is 10.1 Å². The minimum Gasteiger partial charge on any atom is -0.339 e. The lowest BCUT2D eigenvalue weighted by Crippen LogP contribution is -2.43. The minimum absolute atomic E-state index is 0.0727. The smallest absolute Gasteiger partial charge is 0.339 e. The first kappa shape index (κ1) is 21.8. The first-order valence-electron chi connectivity index (χ1n) is 8.64. The Kier molecular flexibility index (Phi) is 4.90. The van der Waals surface area contributed by atoms with Gasteiger partial charge in [-0.25, -0.2) is 9.53 Å². The van der Waals surface area contributed by atoms with Gasteiger partial charge >= 0.3 is 6.18 Å². The molecule has 1 aromatic carbocycles. The van der Waals surface area contributed by atoms with E-state index in [1.54, 1.807) is 0 Å². The van der Waals surface area contributed by atoms with Gasteiger partial charge in [-0.05, 0) is 31.0 Å². The Labute approximate surface area is 178 Å². The predicted molar refractivity (Wildman–Crippen MR) is 98.2 cm³/mol. The Hall–Kier alpha value is -1.47. The number of hydrogen-bond acceptors (Lipinski definition) is 5. The van der Waals surface area contributed by atoms with Crippen molar-refractivity contribution in [3.63, 3.8) is 0 Å². The third kappa shape index (κ3) is 3.38. The standard InChI is InChI=1S/C16H14Cl2F4N4O3S/c17-15(18)11(14(15)3-5-26(6-4-14)30(23,27)28)13-24-12(25-29-13)9-2-1-8(19)7-10(9)16(20,21)22/h1-2,7,11H,3-6H2,(H2,23,27,28). The molecule has 1 saturated carbocycles. The van der Waals surface area contributed by atoms with Crippen molar-refractivity contribution in [2.24, 2.45) is 10.6 Å². The van der Waals surface area contributed by atoms with Crippen LogP contribution < -0.4 is 5.14 Å². The molecule has 7 nitrogen and oxygen atoms in total. The van der Waals surface area contributed by atoms with E-state index in [4.69, 9.17) is 32.9 Å². The van der Waals surface area contributed by atoms with Crippen LogP contribution in [0, 0.1) is 11.2 Å². The molecule has 1 atom stereocenters. The van der Waals surface area contributed by atoms with Crippen LogP contribution in [0.3, 0.4) is 0 Å². The Morgan fingerprint density at radius 2 is 1.87 bits per heavy atom. The van der Waals surface area contributed by atoms with Gasteiger partial charge in [-0.3, -0.25) is 0 Å². The van der Waals surface area contributed by atoms with E-state index in [9.17, 15) is 26.0 Å². The van der Waals surface area contributed by atoms with Crippen LogP contribution in [0.5, 0.6) is 0 Å². The summed E-state index contributed by atoms with van der Waals surface area (Å²) in [7, 11) is -3.86. The molecule has 2 aliphatic rings. The second-order valence-corrected chi connectivity index (χ2v) is 10.2. The summed E-state index contributed by atoms with van der Waals surface area (Å²) in [6, 6.07) is 2.12. The molecule has 1 aromatic heterocycles. The van der Waals surface area contributed by atoms with E-state index in [-0.39, 0.29) is 37.6 Å². The normalized spacial score (nSPS) is 23.6. The lowest BCUT2D eigenvalue weighted by molar-refractivity contribution is -0.137. The maximum atomic E-state index is 13.3. The number of rotatable bonds is 3. The summed E-state index contributed by atoms with van der Waals surface area (Å²) < 4.78 is 81.0. The van der Waals surface area contributed by atoms with E-state index in [0.717, 1.165) is 16.4 Å². The molecule has 0 bridgehead atoms. The summed E-state index contributed by atoms with van der Waals surface area (Å²) in [6.45, 7) is 0.154. The highest BCUT2D eigenvalue weighted by Crippen LogP contribution is 2.77. The molecule has 2 aromatic rings. The van der Waals surface area contributed by atoms with Crippen molar-refractivity contribution >= 4 is 33.4 Å². The summed E-state index contributed by atoms with van der Waals surface area (Å²) in [5, 5.41) is 8.73. The first-order valence-corrected chi connectivity index (χ1v) is 10.9. The average molecular weight is 489 g/mol. The van der Waals surface area contributed by atoms with Crippen molar-refractivity contribution in [3.8, 4) is 11.4 Å². The summed E-state index contributed by atoms with van der Waals surface area (Å²) in [5.74, 6) is -2.22. The molecule has 2 N–H and O–H groups in total. The zero-order valence-corrected chi connectivity index (χ0v) is 17.3. The molecule has 0 radical (unpaired) electrons. The van der Waals surface area contributed by atoms with Gasteiger partial charge in [0, 0.05) is 24.1 Å². The van der Waals surface area contributed by atoms with Gasteiger partial charge in [-0.1, -0.05) is 5.16 Å². The molecule has 1 spiro atoms. The van der Waals surface area contributed by atoms with Crippen molar-refractivity contribution in [1.29, 1.82) is 0 Å². The molecule has 1 aliphatic carbocycles. The number of benzene rings is 1. The van der Waals surface area contributed by atoms with Gasteiger partial charge in [0.1, 0.15) is 10.2 Å². The number of aromatic nitrogens is 2. The number of nitrogens with zero attached hydrogens (tertiary/aromatic N) is 3. The Morgan fingerprint density at radius 1 is 1.23 bits per heavy atom. The van der Waals surface area contributed by atoms with Crippen LogP contribution in [0.25, 0.3) is 11.4 Å². The molecule has 164 valence electrons. The second-order valence-electron chi connectivity index (χ2n) is 7.30. The highest BCUT2D eigenvalue weighted by atomic mass is 35.5. The SMILES string of the molecule is NS(=O)(=O)N1CCC2(CC1)C(c1nc(-c3ccc(F)cc3C(F)(F)F)no1)C2(Cl)Cl. The van der Waals surface area contributed by atoms with Gasteiger partial charge in [0.25, 0.3) is 10.2 Å². The largest absolute Gasteiger partial charge is 0.417 e. The summed E-state index contributed by atoms with van der Waals surface area (Å²) in [6.07, 6.45) is -4.32. The molecule has 30 heavy (non-hydrogen) atoms. The minimum atomic E-state index is -4.83. The molecule has 1 aliphatic heterocycles. The topological polar surface area (TPSA) is 102 Å². The van der Waals surface area contributed by atoms with Crippen molar-refractivity contribution < 1.29 is 30.5 Å². The molecular weight excluding hydrogens is 475 g/mol. The van der Waals surface area contributed by atoms with Crippen LogP contribution in [0.2, 0.25) is 0 Å². The van der Waals surface area contributed by atoms with Crippen molar-refractivity contribution in [3.05, 3.63) is 35.5 Å². The van der Waals surface area contributed by atoms with Crippen LogP contribution >= 0.6 is 23.2 Å². The van der Waals surface area contributed by atoms with E-state index in [1.165, 1.54) is 0 Å². The van der Waals surface area contributed by atoms with Gasteiger partial charge in [-0.2, -0.15) is 30.9 Å².